The van der Waals surface area contributed by atoms with Gasteiger partial charge < -0.3 is 14.2 Å². The molecule has 2 aromatic rings. The van der Waals surface area contributed by atoms with Gasteiger partial charge in [-0.25, -0.2) is 0 Å². The largest absolute Gasteiger partial charge is 0.457 e. The van der Waals surface area contributed by atoms with Gasteiger partial charge in [-0.15, -0.1) is 11.6 Å². The van der Waals surface area contributed by atoms with Gasteiger partial charge in [0.05, 0.1) is 0 Å². The second-order valence-electron chi connectivity index (χ2n) is 4.35. The van der Waals surface area contributed by atoms with Gasteiger partial charge in [-0.2, -0.15) is 0 Å². The highest BCUT2D eigenvalue weighted by atomic mass is 35.5. The van der Waals surface area contributed by atoms with Crippen LogP contribution in [0.15, 0.2) is 36.4 Å². The van der Waals surface area contributed by atoms with Crippen molar-refractivity contribution in [3.8, 4) is 23.0 Å². The normalized spacial score (nSPS) is 12.5. The topological polar surface area (TPSA) is 27.7 Å². The third-order valence-electron chi connectivity index (χ3n) is 2.98. The number of fused-ring (bicyclic) bond motifs is 1. The number of ether oxygens (including phenoxy) is 3. The molecular formula is C15H13ClO3. The fraction of sp³-hybridized carbons (Fsp3) is 0.200. The summed E-state index contributed by atoms with van der Waals surface area (Å²) in [6.07, 6.45) is 0. The molecule has 0 unspecified atom stereocenters. The Bertz CT molecular complexity index is 610. The molecule has 98 valence electrons. The molecule has 0 bridgehead atoms. The first-order valence-electron chi connectivity index (χ1n) is 5.99. The summed E-state index contributed by atoms with van der Waals surface area (Å²) in [7, 11) is 0. The minimum atomic E-state index is 0.263. The van der Waals surface area contributed by atoms with Crippen LogP contribution < -0.4 is 14.2 Å². The second-order valence-corrected chi connectivity index (χ2v) is 4.62. The number of hydrogen-bond donors (Lipinski definition) is 0. The molecule has 19 heavy (non-hydrogen) atoms. The molecule has 1 heterocycles. The highest BCUT2D eigenvalue weighted by molar-refractivity contribution is 6.17. The Kier molecular flexibility index (Phi) is 3.22. The summed E-state index contributed by atoms with van der Waals surface area (Å²) in [5.41, 5.74) is 2.09. The maximum absolute atomic E-state index is 5.88. The van der Waals surface area contributed by atoms with E-state index in [1.807, 2.05) is 43.3 Å². The third kappa shape index (κ3) is 2.47. The van der Waals surface area contributed by atoms with Gasteiger partial charge in [0, 0.05) is 11.9 Å². The predicted octanol–water partition coefficient (Wildman–Crippen LogP) is 4.25. The van der Waals surface area contributed by atoms with Crippen molar-refractivity contribution in [2.75, 3.05) is 6.79 Å². The van der Waals surface area contributed by atoms with E-state index in [1.54, 1.807) is 0 Å². The summed E-state index contributed by atoms with van der Waals surface area (Å²) in [4.78, 5) is 0. The first-order valence-corrected chi connectivity index (χ1v) is 6.53. The zero-order valence-electron chi connectivity index (χ0n) is 10.5. The Morgan fingerprint density at radius 2 is 1.95 bits per heavy atom. The molecule has 3 nitrogen and oxygen atoms in total. The molecule has 0 atom stereocenters. The summed E-state index contributed by atoms with van der Waals surface area (Å²) < 4.78 is 16.5. The number of aryl methyl sites for hydroxylation is 1. The van der Waals surface area contributed by atoms with E-state index < -0.39 is 0 Å². The van der Waals surface area contributed by atoms with Gasteiger partial charge in [-0.1, -0.05) is 12.1 Å². The van der Waals surface area contributed by atoms with Crippen LogP contribution in [0.25, 0.3) is 0 Å². The molecule has 4 heteroatoms. The fourth-order valence-corrected chi connectivity index (χ4v) is 2.07. The zero-order valence-corrected chi connectivity index (χ0v) is 11.2. The number of hydrogen-bond acceptors (Lipinski definition) is 3. The molecule has 2 aromatic carbocycles. The van der Waals surface area contributed by atoms with Crippen LogP contribution in [0.4, 0.5) is 0 Å². The minimum absolute atomic E-state index is 0.263. The molecule has 0 N–H and O–H groups in total. The predicted molar refractivity (Wildman–Crippen MR) is 73.4 cm³/mol. The summed E-state index contributed by atoms with van der Waals surface area (Å²) >= 11 is 5.84. The standard InChI is InChI=1S/C15H13ClO3/c1-10-2-3-11(8-16)6-14(10)19-12-4-5-13-15(7-12)18-9-17-13/h2-7H,8-9H2,1H3. The first-order chi connectivity index (χ1) is 9.26. The molecule has 0 spiro atoms. The van der Waals surface area contributed by atoms with Crippen molar-refractivity contribution in [1.82, 2.24) is 0 Å². The lowest BCUT2D eigenvalue weighted by Crippen LogP contribution is -1.93. The van der Waals surface area contributed by atoms with Gasteiger partial charge in [-0.3, -0.25) is 0 Å². The van der Waals surface area contributed by atoms with E-state index >= 15 is 0 Å². The van der Waals surface area contributed by atoms with Crippen molar-refractivity contribution in [1.29, 1.82) is 0 Å². The van der Waals surface area contributed by atoms with Crippen LogP contribution in [-0.4, -0.2) is 6.79 Å². The van der Waals surface area contributed by atoms with Gasteiger partial charge >= 0.3 is 0 Å². The van der Waals surface area contributed by atoms with Crippen molar-refractivity contribution >= 4 is 11.6 Å². The van der Waals surface area contributed by atoms with Crippen LogP contribution in [0.1, 0.15) is 11.1 Å². The van der Waals surface area contributed by atoms with E-state index in [1.165, 1.54) is 0 Å². The minimum Gasteiger partial charge on any atom is -0.457 e. The average Bonchev–Trinajstić information content (AvgIpc) is 2.89. The number of rotatable bonds is 3. The van der Waals surface area contributed by atoms with Crippen LogP contribution in [0.2, 0.25) is 0 Å². The van der Waals surface area contributed by atoms with Crippen molar-refractivity contribution in [3.63, 3.8) is 0 Å². The van der Waals surface area contributed by atoms with E-state index in [-0.39, 0.29) is 6.79 Å². The second kappa shape index (κ2) is 5.02. The van der Waals surface area contributed by atoms with Gasteiger partial charge in [0.2, 0.25) is 6.79 Å². The smallest absolute Gasteiger partial charge is 0.231 e. The Balaban J connectivity index is 1.88. The highest BCUT2D eigenvalue weighted by Gasteiger charge is 2.14. The Hall–Kier alpha value is -1.87. The van der Waals surface area contributed by atoms with Crippen LogP contribution in [0, 0.1) is 6.92 Å². The van der Waals surface area contributed by atoms with Crippen molar-refractivity contribution in [2.45, 2.75) is 12.8 Å². The van der Waals surface area contributed by atoms with Crippen LogP contribution in [0.5, 0.6) is 23.0 Å². The van der Waals surface area contributed by atoms with Gasteiger partial charge in [0.1, 0.15) is 11.5 Å². The lowest BCUT2D eigenvalue weighted by atomic mass is 10.1. The summed E-state index contributed by atoms with van der Waals surface area (Å²) in [6, 6.07) is 11.5. The van der Waals surface area contributed by atoms with Crippen molar-refractivity contribution in [3.05, 3.63) is 47.5 Å². The molecular weight excluding hydrogens is 264 g/mol. The van der Waals surface area contributed by atoms with Gasteiger partial charge in [0.15, 0.2) is 11.5 Å². The monoisotopic (exact) mass is 276 g/mol. The number of halogens is 1. The van der Waals surface area contributed by atoms with Gasteiger partial charge in [0.25, 0.3) is 0 Å². The Labute approximate surface area is 116 Å². The molecule has 1 aliphatic heterocycles. The van der Waals surface area contributed by atoms with E-state index in [2.05, 4.69) is 0 Å². The number of alkyl halides is 1. The maximum atomic E-state index is 5.88. The summed E-state index contributed by atoms with van der Waals surface area (Å²) in [5, 5.41) is 0. The molecule has 0 saturated carbocycles. The fourth-order valence-electron chi connectivity index (χ4n) is 1.90. The van der Waals surface area contributed by atoms with E-state index in [9.17, 15) is 0 Å². The summed E-state index contributed by atoms with van der Waals surface area (Å²) in [5.74, 6) is 3.45. The zero-order chi connectivity index (χ0) is 13.2. The van der Waals surface area contributed by atoms with Crippen molar-refractivity contribution < 1.29 is 14.2 Å². The third-order valence-corrected chi connectivity index (χ3v) is 3.29. The van der Waals surface area contributed by atoms with Gasteiger partial charge in [-0.05, 0) is 36.2 Å². The highest BCUT2D eigenvalue weighted by Crippen LogP contribution is 2.37. The first kappa shape index (κ1) is 12.2. The average molecular weight is 277 g/mol. The maximum Gasteiger partial charge on any atom is 0.231 e. The van der Waals surface area contributed by atoms with Crippen molar-refractivity contribution in [2.24, 2.45) is 0 Å². The molecule has 0 saturated heterocycles. The van der Waals surface area contributed by atoms with Crippen LogP contribution in [0.3, 0.4) is 0 Å². The lowest BCUT2D eigenvalue weighted by molar-refractivity contribution is 0.174. The Morgan fingerprint density at radius 1 is 1.11 bits per heavy atom. The SMILES string of the molecule is Cc1ccc(CCl)cc1Oc1ccc2c(c1)OCO2. The van der Waals surface area contributed by atoms with Crippen LogP contribution in [-0.2, 0) is 5.88 Å². The molecule has 0 amide bonds. The molecule has 0 aromatic heterocycles. The molecule has 0 fully saturated rings. The molecule has 0 aliphatic carbocycles. The Morgan fingerprint density at radius 3 is 2.79 bits per heavy atom. The lowest BCUT2D eigenvalue weighted by Gasteiger charge is -2.10. The van der Waals surface area contributed by atoms with Crippen LogP contribution >= 0.6 is 11.6 Å². The molecule has 1 aliphatic rings. The molecule has 3 rings (SSSR count). The quantitative estimate of drug-likeness (QED) is 0.784. The van der Waals surface area contributed by atoms with E-state index in [0.29, 0.717) is 11.6 Å². The molecule has 0 radical (unpaired) electrons. The van der Waals surface area contributed by atoms with E-state index in [4.69, 9.17) is 25.8 Å². The number of benzene rings is 2. The van der Waals surface area contributed by atoms with E-state index in [0.717, 1.165) is 28.4 Å². The summed E-state index contributed by atoms with van der Waals surface area (Å²) in [6.45, 7) is 2.26.